The zero-order valence-corrected chi connectivity index (χ0v) is 12.0. The molecule has 0 spiro atoms. The molecule has 114 valence electrons. The SMILES string of the molecule is CC(C)(C)OC(=O)N1CC[C@@H](C(=O)O)C[C@H]1CC(=O)O. The second-order valence-electron chi connectivity index (χ2n) is 5.98. The van der Waals surface area contributed by atoms with Crippen LogP contribution in [0.1, 0.15) is 40.0 Å². The van der Waals surface area contributed by atoms with E-state index in [1.807, 2.05) is 0 Å². The Bertz CT molecular complexity index is 400. The number of rotatable bonds is 3. The number of amides is 1. The Morgan fingerprint density at radius 3 is 2.30 bits per heavy atom. The van der Waals surface area contributed by atoms with Crippen LogP contribution < -0.4 is 0 Å². The third kappa shape index (κ3) is 4.71. The second kappa shape index (κ2) is 6.11. The minimum Gasteiger partial charge on any atom is -0.481 e. The summed E-state index contributed by atoms with van der Waals surface area (Å²) in [6, 6.07) is -0.641. The normalized spacial score (nSPS) is 23.2. The fourth-order valence-electron chi connectivity index (χ4n) is 2.23. The standard InChI is InChI=1S/C13H21NO6/c1-13(2,3)20-12(19)14-5-4-8(11(17)18)6-9(14)7-10(15)16/h8-9H,4-7H2,1-3H3,(H,15,16)(H,17,18)/t8-,9+/m1/s1. The van der Waals surface area contributed by atoms with Gasteiger partial charge in [0.15, 0.2) is 0 Å². The highest BCUT2D eigenvalue weighted by Crippen LogP contribution is 2.27. The molecule has 1 rings (SSSR count). The molecule has 1 aliphatic rings. The largest absolute Gasteiger partial charge is 0.481 e. The van der Waals surface area contributed by atoms with Crippen molar-refractivity contribution in [1.29, 1.82) is 0 Å². The maximum atomic E-state index is 12.0. The van der Waals surface area contributed by atoms with Crippen molar-refractivity contribution in [1.82, 2.24) is 4.90 Å². The zero-order valence-electron chi connectivity index (χ0n) is 12.0. The molecule has 0 aromatic carbocycles. The second-order valence-corrected chi connectivity index (χ2v) is 5.98. The van der Waals surface area contributed by atoms with Gasteiger partial charge in [-0.1, -0.05) is 0 Å². The summed E-state index contributed by atoms with van der Waals surface area (Å²) in [5.41, 5.74) is -0.672. The van der Waals surface area contributed by atoms with Crippen molar-refractivity contribution >= 4 is 18.0 Å². The minimum atomic E-state index is -1.06. The van der Waals surface area contributed by atoms with E-state index in [1.54, 1.807) is 20.8 Å². The average molecular weight is 287 g/mol. The molecule has 7 nitrogen and oxygen atoms in total. The summed E-state index contributed by atoms with van der Waals surface area (Å²) >= 11 is 0. The first kappa shape index (κ1) is 16.3. The van der Waals surface area contributed by atoms with Gasteiger partial charge < -0.3 is 19.8 Å². The lowest BCUT2D eigenvalue weighted by atomic mass is 9.89. The maximum absolute atomic E-state index is 12.0. The lowest BCUT2D eigenvalue weighted by Crippen LogP contribution is -2.49. The van der Waals surface area contributed by atoms with Crippen molar-refractivity contribution in [3.63, 3.8) is 0 Å². The summed E-state index contributed by atoms with van der Waals surface area (Å²) in [4.78, 5) is 35.3. The number of carboxylic acids is 2. The monoisotopic (exact) mass is 287 g/mol. The molecule has 1 fully saturated rings. The van der Waals surface area contributed by atoms with Gasteiger partial charge in [0, 0.05) is 12.6 Å². The minimum absolute atomic E-state index is 0.140. The van der Waals surface area contributed by atoms with Gasteiger partial charge in [-0.05, 0) is 33.6 Å². The molecule has 0 radical (unpaired) electrons. The molecular formula is C13H21NO6. The van der Waals surface area contributed by atoms with Crippen molar-refractivity contribution in [2.45, 2.75) is 51.7 Å². The van der Waals surface area contributed by atoms with Crippen molar-refractivity contribution < 1.29 is 29.3 Å². The molecule has 0 bridgehead atoms. The van der Waals surface area contributed by atoms with Crippen LogP contribution in [0.3, 0.4) is 0 Å². The van der Waals surface area contributed by atoms with Gasteiger partial charge in [-0.3, -0.25) is 9.59 Å². The molecule has 0 unspecified atom stereocenters. The van der Waals surface area contributed by atoms with E-state index in [2.05, 4.69) is 0 Å². The lowest BCUT2D eigenvalue weighted by Gasteiger charge is -2.38. The van der Waals surface area contributed by atoms with Crippen LogP contribution in [0.4, 0.5) is 4.79 Å². The third-order valence-corrected chi connectivity index (χ3v) is 3.10. The van der Waals surface area contributed by atoms with E-state index >= 15 is 0 Å². The van der Waals surface area contributed by atoms with Gasteiger partial charge in [0.05, 0.1) is 12.3 Å². The van der Waals surface area contributed by atoms with Crippen LogP contribution in [0.25, 0.3) is 0 Å². The predicted octanol–water partition coefficient (Wildman–Crippen LogP) is 1.56. The van der Waals surface area contributed by atoms with Crippen LogP contribution in [-0.4, -0.2) is 51.3 Å². The van der Waals surface area contributed by atoms with E-state index in [-0.39, 0.29) is 19.4 Å². The molecule has 20 heavy (non-hydrogen) atoms. The highest BCUT2D eigenvalue weighted by atomic mass is 16.6. The van der Waals surface area contributed by atoms with E-state index in [0.717, 1.165) is 0 Å². The van der Waals surface area contributed by atoms with Gasteiger partial charge in [-0.25, -0.2) is 4.79 Å². The van der Waals surface area contributed by atoms with Crippen molar-refractivity contribution in [2.24, 2.45) is 5.92 Å². The molecule has 1 saturated heterocycles. The third-order valence-electron chi connectivity index (χ3n) is 3.10. The number of piperidine rings is 1. The van der Waals surface area contributed by atoms with Crippen molar-refractivity contribution in [3.05, 3.63) is 0 Å². The Balaban J connectivity index is 2.79. The first-order valence-electron chi connectivity index (χ1n) is 6.54. The van der Waals surface area contributed by atoms with Crippen LogP contribution >= 0.6 is 0 Å². The molecule has 1 aliphatic heterocycles. The molecule has 2 atom stereocenters. The Kier molecular flexibility index (Phi) is 4.97. The predicted molar refractivity (Wildman–Crippen MR) is 69.3 cm³/mol. The molecule has 0 saturated carbocycles. The number of carboxylic acid groups (broad SMARTS) is 2. The van der Waals surface area contributed by atoms with Gasteiger partial charge in [0.25, 0.3) is 0 Å². The van der Waals surface area contributed by atoms with E-state index in [9.17, 15) is 14.4 Å². The number of aliphatic carboxylic acids is 2. The zero-order chi connectivity index (χ0) is 15.5. The number of hydrogen-bond donors (Lipinski definition) is 2. The number of likely N-dealkylation sites (tertiary alicyclic amines) is 1. The Morgan fingerprint density at radius 2 is 1.85 bits per heavy atom. The van der Waals surface area contributed by atoms with Crippen LogP contribution in [0.2, 0.25) is 0 Å². The summed E-state index contributed by atoms with van der Waals surface area (Å²) in [6.07, 6.45) is -0.415. The summed E-state index contributed by atoms with van der Waals surface area (Å²) in [6.45, 7) is 5.37. The topological polar surface area (TPSA) is 104 Å². The van der Waals surface area contributed by atoms with Crippen LogP contribution in [0.15, 0.2) is 0 Å². The molecule has 1 amide bonds. The smallest absolute Gasteiger partial charge is 0.410 e. The van der Waals surface area contributed by atoms with Gasteiger partial charge in [0.2, 0.25) is 0 Å². The fraction of sp³-hybridized carbons (Fsp3) is 0.769. The highest BCUT2D eigenvalue weighted by Gasteiger charge is 2.37. The first-order chi connectivity index (χ1) is 9.10. The lowest BCUT2D eigenvalue weighted by molar-refractivity contribution is -0.146. The number of nitrogens with zero attached hydrogens (tertiary/aromatic N) is 1. The van der Waals surface area contributed by atoms with Crippen LogP contribution in [0, 0.1) is 5.92 Å². The maximum Gasteiger partial charge on any atom is 0.410 e. The fourth-order valence-corrected chi connectivity index (χ4v) is 2.23. The van der Waals surface area contributed by atoms with Crippen LogP contribution in [-0.2, 0) is 14.3 Å². The first-order valence-corrected chi connectivity index (χ1v) is 6.54. The van der Waals surface area contributed by atoms with Crippen molar-refractivity contribution in [3.8, 4) is 0 Å². The average Bonchev–Trinajstić information content (AvgIpc) is 2.25. The molecule has 0 aromatic rings. The Morgan fingerprint density at radius 1 is 1.25 bits per heavy atom. The van der Waals surface area contributed by atoms with E-state index < -0.39 is 35.6 Å². The molecular weight excluding hydrogens is 266 g/mol. The molecule has 0 aliphatic carbocycles. The molecule has 2 N–H and O–H groups in total. The van der Waals surface area contributed by atoms with Gasteiger partial charge in [0.1, 0.15) is 5.60 Å². The van der Waals surface area contributed by atoms with E-state index in [4.69, 9.17) is 14.9 Å². The number of carbonyl (C=O) groups is 3. The number of ether oxygens (including phenoxy) is 1. The highest BCUT2D eigenvalue weighted by molar-refractivity contribution is 5.74. The number of carbonyl (C=O) groups excluding carboxylic acids is 1. The van der Waals surface area contributed by atoms with Crippen molar-refractivity contribution in [2.75, 3.05) is 6.54 Å². The molecule has 0 aromatic heterocycles. The molecule has 7 heteroatoms. The molecule has 1 heterocycles. The van der Waals surface area contributed by atoms with Crippen LogP contribution in [0.5, 0.6) is 0 Å². The summed E-state index contributed by atoms with van der Waals surface area (Å²) < 4.78 is 5.23. The summed E-state index contributed by atoms with van der Waals surface area (Å²) in [7, 11) is 0. The quantitative estimate of drug-likeness (QED) is 0.816. The Labute approximate surface area is 117 Å². The number of hydrogen-bond acceptors (Lipinski definition) is 4. The van der Waals surface area contributed by atoms with Gasteiger partial charge in [-0.2, -0.15) is 0 Å². The van der Waals surface area contributed by atoms with E-state index in [0.29, 0.717) is 6.42 Å². The van der Waals surface area contributed by atoms with Gasteiger partial charge in [-0.15, -0.1) is 0 Å². The van der Waals surface area contributed by atoms with Gasteiger partial charge >= 0.3 is 18.0 Å². The van der Waals surface area contributed by atoms with E-state index in [1.165, 1.54) is 4.90 Å². The summed E-state index contributed by atoms with van der Waals surface area (Å²) in [5.74, 6) is -2.63. The summed E-state index contributed by atoms with van der Waals surface area (Å²) in [5, 5.41) is 17.9. The Hall–Kier alpha value is -1.79.